The van der Waals surface area contributed by atoms with E-state index < -0.39 is 0 Å². The van der Waals surface area contributed by atoms with Crippen molar-refractivity contribution in [2.45, 2.75) is 19.9 Å². The lowest BCUT2D eigenvalue weighted by atomic mass is 10.0. The van der Waals surface area contributed by atoms with Crippen molar-refractivity contribution in [3.8, 4) is 6.07 Å². The molecule has 3 aromatic rings. The lowest BCUT2D eigenvalue weighted by molar-refractivity contribution is -0.117. The highest BCUT2D eigenvalue weighted by Gasteiger charge is 2.15. The maximum absolute atomic E-state index is 12.6. The van der Waals surface area contributed by atoms with Crippen molar-refractivity contribution in [1.82, 2.24) is 10.3 Å². The van der Waals surface area contributed by atoms with Gasteiger partial charge in [-0.2, -0.15) is 5.26 Å². The van der Waals surface area contributed by atoms with Crippen molar-refractivity contribution >= 4 is 22.9 Å². The molecule has 26 heavy (non-hydrogen) atoms. The molecule has 1 atom stereocenters. The minimum atomic E-state index is -0.385. The Morgan fingerprint density at radius 1 is 1.15 bits per heavy atom. The number of carbonyl (C=O) groups excluding carboxylic acids is 1. The highest BCUT2D eigenvalue weighted by Crippen LogP contribution is 2.20. The van der Waals surface area contributed by atoms with Crippen molar-refractivity contribution in [2.75, 3.05) is 0 Å². The standard InChI is InChI=1S/C22H19N3O/c1-15-7-3-4-8-19(15)16(2)25-22(26)18(14-23)13-17-11-12-24-21-10-6-5-9-20(17)21/h3-13,16H,1-2H3,(H,25,26)/b18-13+/t16-/m0/s1. The molecule has 0 aliphatic rings. The molecule has 0 spiro atoms. The molecule has 0 aliphatic heterocycles. The number of amides is 1. The molecule has 0 saturated heterocycles. The largest absolute Gasteiger partial charge is 0.345 e. The highest BCUT2D eigenvalue weighted by atomic mass is 16.1. The van der Waals surface area contributed by atoms with Gasteiger partial charge in [0, 0.05) is 11.6 Å². The van der Waals surface area contributed by atoms with Crippen LogP contribution in [0.4, 0.5) is 0 Å². The van der Waals surface area contributed by atoms with Gasteiger partial charge in [0.1, 0.15) is 11.6 Å². The summed E-state index contributed by atoms with van der Waals surface area (Å²) in [6.07, 6.45) is 3.29. The quantitative estimate of drug-likeness (QED) is 0.567. The lowest BCUT2D eigenvalue weighted by Gasteiger charge is -2.16. The van der Waals surface area contributed by atoms with Gasteiger partial charge in [-0.15, -0.1) is 0 Å². The number of benzene rings is 2. The molecule has 0 saturated carbocycles. The van der Waals surface area contributed by atoms with Crippen molar-refractivity contribution in [3.05, 3.63) is 83.1 Å². The predicted octanol–water partition coefficient (Wildman–Crippen LogP) is 4.33. The van der Waals surface area contributed by atoms with E-state index in [1.54, 1.807) is 18.3 Å². The van der Waals surface area contributed by atoms with Gasteiger partial charge in [0.15, 0.2) is 0 Å². The number of nitrogens with one attached hydrogen (secondary N) is 1. The summed E-state index contributed by atoms with van der Waals surface area (Å²) >= 11 is 0. The van der Waals surface area contributed by atoms with Crippen LogP contribution in [-0.4, -0.2) is 10.9 Å². The Morgan fingerprint density at radius 2 is 1.88 bits per heavy atom. The second-order valence-corrected chi connectivity index (χ2v) is 6.14. The Morgan fingerprint density at radius 3 is 2.65 bits per heavy atom. The average Bonchev–Trinajstić information content (AvgIpc) is 2.66. The summed E-state index contributed by atoms with van der Waals surface area (Å²) in [5, 5.41) is 13.3. The highest BCUT2D eigenvalue weighted by molar-refractivity contribution is 6.03. The maximum atomic E-state index is 12.6. The zero-order valence-corrected chi connectivity index (χ0v) is 14.7. The summed E-state index contributed by atoms with van der Waals surface area (Å²) in [5.74, 6) is -0.385. The number of fused-ring (bicyclic) bond motifs is 1. The molecule has 3 rings (SSSR count). The number of nitrogens with zero attached hydrogens (tertiary/aromatic N) is 2. The van der Waals surface area contributed by atoms with Crippen LogP contribution in [0.5, 0.6) is 0 Å². The average molecular weight is 341 g/mol. The van der Waals surface area contributed by atoms with Crippen LogP contribution in [0.25, 0.3) is 17.0 Å². The molecule has 128 valence electrons. The summed E-state index contributed by atoms with van der Waals surface area (Å²) < 4.78 is 0. The molecule has 1 heterocycles. The SMILES string of the molecule is Cc1ccccc1[C@H](C)NC(=O)/C(C#N)=C/c1ccnc2ccccc12. The fourth-order valence-corrected chi connectivity index (χ4v) is 2.97. The van der Waals surface area contributed by atoms with Gasteiger partial charge in [-0.1, -0.05) is 42.5 Å². The van der Waals surface area contributed by atoms with Crippen LogP contribution in [0.1, 0.15) is 29.7 Å². The number of aromatic nitrogens is 1. The van der Waals surface area contributed by atoms with E-state index in [4.69, 9.17) is 0 Å². The topological polar surface area (TPSA) is 65.8 Å². The summed E-state index contributed by atoms with van der Waals surface area (Å²) in [4.78, 5) is 16.9. The summed E-state index contributed by atoms with van der Waals surface area (Å²) in [6, 6.07) is 19.2. The summed E-state index contributed by atoms with van der Waals surface area (Å²) in [6.45, 7) is 3.92. The first-order valence-corrected chi connectivity index (χ1v) is 8.42. The Balaban J connectivity index is 1.88. The van der Waals surface area contributed by atoms with Gasteiger partial charge in [0.2, 0.25) is 0 Å². The van der Waals surface area contributed by atoms with Crippen LogP contribution >= 0.6 is 0 Å². The summed E-state index contributed by atoms with van der Waals surface area (Å²) in [7, 11) is 0. The summed E-state index contributed by atoms with van der Waals surface area (Å²) in [5.41, 5.74) is 3.83. The van der Waals surface area contributed by atoms with Crippen molar-refractivity contribution in [1.29, 1.82) is 5.26 Å². The Hall–Kier alpha value is -3.45. The third-order valence-electron chi connectivity index (χ3n) is 4.35. The first-order chi connectivity index (χ1) is 12.6. The first-order valence-electron chi connectivity index (χ1n) is 8.42. The predicted molar refractivity (Wildman–Crippen MR) is 103 cm³/mol. The molecule has 4 heteroatoms. The minimum Gasteiger partial charge on any atom is -0.345 e. The normalized spacial score (nSPS) is 12.4. The molecule has 0 bridgehead atoms. The van der Waals surface area contributed by atoms with Crippen LogP contribution in [0.3, 0.4) is 0 Å². The van der Waals surface area contributed by atoms with Gasteiger partial charge >= 0.3 is 0 Å². The molecular weight excluding hydrogens is 322 g/mol. The van der Waals surface area contributed by atoms with E-state index in [1.165, 1.54) is 0 Å². The molecule has 1 amide bonds. The number of hydrogen-bond donors (Lipinski definition) is 1. The molecule has 0 unspecified atom stereocenters. The zero-order valence-electron chi connectivity index (χ0n) is 14.7. The number of aryl methyl sites for hydroxylation is 1. The van der Waals surface area contributed by atoms with E-state index in [-0.39, 0.29) is 17.5 Å². The van der Waals surface area contributed by atoms with Gasteiger partial charge < -0.3 is 5.32 Å². The van der Waals surface area contributed by atoms with E-state index in [0.29, 0.717) is 0 Å². The van der Waals surface area contributed by atoms with E-state index in [9.17, 15) is 10.1 Å². The molecule has 1 N–H and O–H groups in total. The molecule has 0 radical (unpaired) electrons. The number of para-hydroxylation sites is 1. The van der Waals surface area contributed by atoms with Crippen molar-refractivity contribution in [3.63, 3.8) is 0 Å². The van der Waals surface area contributed by atoms with Crippen molar-refractivity contribution < 1.29 is 4.79 Å². The van der Waals surface area contributed by atoms with Crippen molar-refractivity contribution in [2.24, 2.45) is 0 Å². The fraction of sp³-hybridized carbons (Fsp3) is 0.136. The number of pyridine rings is 1. The van der Waals surface area contributed by atoms with Crippen LogP contribution in [0.15, 0.2) is 66.4 Å². The second kappa shape index (κ2) is 7.62. The molecule has 4 nitrogen and oxygen atoms in total. The maximum Gasteiger partial charge on any atom is 0.262 e. The third-order valence-corrected chi connectivity index (χ3v) is 4.35. The molecular formula is C22H19N3O. The number of rotatable bonds is 4. The Labute approximate surface area is 152 Å². The van der Waals surface area contributed by atoms with Gasteiger partial charge in [-0.05, 0) is 48.7 Å². The van der Waals surface area contributed by atoms with Gasteiger partial charge in [-0.3, -0.25) is 9.78 Å². The van der Waals surface area contributed by atoms with Gasteiger partial charge in [-0.25, -0.2) is 0 Å². The molecule has 2 aromatic carbocycles. The van der Waals surface area contributed by atoms with Crippen LogP contribution in [0.2, 0.25) is 0 Å². The Kier molecular flexibility index (Phi) is 5.09. The lowest BCUT2D eigenvalue weighted by Crippen LogP contribution is -2.28. The number of hydrogen-bond acceptors (Lipinski definition) is 3. The molecule has 0 aliphatic carbocycles. The number of carbonyl (C=O) groups is 1. The number of nitriles is 1. The van der Waals surface area contributed by atoms with E-state index in [1.807, 2.05) is 68.4 Å². The first kappa shape index (κ1) is 17.4. The monoisotopic (exact) mass is 341 g/mol. The third kappa shape index (κ3) is 3.62. The second-order valence-electron chi connectivity index (χ2n) is 6.14. The smallest absolute Gasteiger partial charge is 0.262 e. The van der Waals surface area contributed by atoms with Crippen LogP contribution in [0, 0.1) is 18.3 Å². The van der Waals surface area contributed by atoms with E-state index >= 15 is 0 Å². The molecule has 1 aromatic heterocycles. The fourth-order valence-electron chi connectivity index (χ4n) is 2.97. The zero-order chi connectivity index (χ0) is 18.5. The molecule has 0 fully saturated rings. The van der Waals surface area contributed by atoms with Gasteiger partial charge in [0.05, 0.1) is 11.6 Å². The van der Waals surface area contributed by atoms with E-state index in [0.717, 1.165) is 27.6 Å². The Bertz CT molecular complexity index is 1030. The van der Waals surface area contributed by atoms with Crippen LogP contribution in [-0.2, 0) is 4.79 Å². The minimum absolute atomic E-state index is 0.0711. The van der Waals surface area contributed by atoms with Gasteiger partial charge in [0.25, 0.3) is 5.91 Å². The van der Waals surface area contributed by atoms with E-state index in [2.05, 4.69) is 10.3 Å². The van der Waals surface area contributed by atoms with Crippen LogP contribution < -0.4 is 5.32 Å².